The highest BCUT2D eigenvalue weighted by Crippen LogP contribution is 2.48. The lowest BCUT2D eigenvalue weighted by atomic mass is 9.63. The molecule has 4 aliphatic rings. The Kier molecular flexibility index (Phi) is 2.89. The van der Waals surface area contributed by atoms with Crippen LogP contribution in [0.15, 0.2) is 12.4 Å². The van der Waals surface area contributed by atoms with E-state index in [-0.39, 0.29) is 11.8 Å². The zero-order valence-electron chi connectivity index (χ0n) is 13.5. The van der Waals surface area contributed by atoms with Gasteiger partial charge in [-0.3, -0.25) is 14.9 Å². The number of hydrogen-bond donors (Lipinski definition) is 1. The van der Waals surface area contributed by atoms with Crippen LogP contribution in [-0.4, -0.2) is 45.5 Å². The first kappa shape index (κ1) is 13.7. The maximum Gasteiger partial charge on any atom is 0.169 e. The van der Waals surface area contributed by atoms with Crippen LogP contribution in [0.4, 0.5) is 0 Å². The summed E-state index contributed by atoms with van der Waals surface area (Å²) in [4.78, 5) is 20.1. The molecule has 120 valence electrons. The summed E-state index contributed by atoms with van der Waals surface area (Å²) >= 11 is 0. The summed E-state index contributed by atoms with van der Waals surface area (Å²) in [6.07, 6.45) is 7.00. The molecule has 1 aliphatic carbocycles. The minimum absolute atomic E-state index is 0.0912. The van der Waals surface area contributed by atoms with E-state index < -0.39 is 0 Å². The van der Waals surface area contributed by atoms with Crippen LogP contribution >= 0.6 is 0 Å². The predicted molar refractivity (Wildman–Crippen MR) is 87.4 cm³/mol. The van der Waals surface area contributed by atoms with Crippen molar-refractivity contribution in [2.45, 2.75) is 32.1 Å². The third kappa shape index (κ3) is 1.80. The molecule has 1 N–H and O–H groups in total. The average molecular weight is 310 g/mol. The molecular formula is C18H22N4O. The van der Waals surface area contributed by atoms with E-state index in [4.69, 9.17) is 0 Å². The van der Waals surface area contributed by atoms with Crippen molar-refractivity contribution >= 4 is 16.7 Å². The van der Waals surface area contributed by atoms with E-state index in [1.54, 1.807) is 12.4 Å². The van der Waals surface area contributed by atoms with E-state index in [0.29, 0.717) is 17.6 Å². The Balaban J connectivity index is 1.64. The fourth-order valence-corrected chi connectivity index (χ4v) is 5.36. The molecule has 0 amide bonds. The van der Waals surface area contributed by atoms with Gasteiger partial charge in [0, 0.05) is 41.2 Å². The van der Waals surface area contributed by atoms with Crippen LogP contribution < -0.4 is 0 Å². The molecule has 0 saturated carbocycles. The molecular weight excluding hydrogens is 288 g/mol. The molecule has 0 radical (unpaired) electrons. The number of hydrogen-bond acceptors (Lipinski definition) is 4. The van der Waals surface area contributed by atoms with Crippen LogP contribution in [0, 0.1) is 17.8 Å². The molecule has 3 atom stereocenters. The molecule has 0 aromatic carbocycles. The number of aromatic amines is 1. The van der Waals surface area contributed by atoms with Gasteiger partial charge in [-0.1, -0.05) is 6.92 Å². The molecule has 3 aliphatic heterocycles. The first-order valence-electron chi connectivity index (χ1n) is 8.86. The summed E-state index contributed by atoms with van der Waals surface area (Å²) in [5.41, 5.74) is 2.79. The van der Waals surface area contributed by atoms with Crippen LogP contribution in [0.2, 0.25) is 0 Å². The van der Waals surface area contributed by atoms with Gasteiger partial charge in [-0.2, -0.15) is 5.10 Å². The smallest absolute Gasteiger partial charge is 0.169 e. The molecule has 5 heterocycles. The highest BCUT2D eigenvalue weighted by atomic mass is 16.1. The maximum atomic E-state index is 13.3. The minimum atomic E-state index is 0.0912. The molecule has 3 fully saturated rings. The molecule has 2 aromatic rings. The summed E-state index contributed by atoms with van der Waals surface area (Å²) in [5, 5.41) is 8.66. The molecule has 3 saturated heterocycles. The Bertz CT molecular complexity index is 774. The number of carbonyl (C=O) groups excluding carboxylic acids is 1. The zero-order chi connectivity index (χ0) is 15.6. The number of pyridine rings is 1. The van der Waals surface area contributed by atoms with Crippen LogP contribution in [0.25, 0.3) is 10.9 Å². The van der Waals surface area contributed by atoms with Crippen molar-refractivity contribution in [1.82, 2.24) is 20.1 Å². The molecule has 0 spiro atoms. The highest BCUT2D eigenvalue weighted by molar-refractivity contribution is 6.11. The molecule has 2 aromatic heterocycles. The van der Waals surface area contributed by atoms with E-state index in [0.717, 1.165) is 29.4 Å². The van der Waals surface area contributed by atoms with Crippen LogP contribution in [-0.2, 0) is 0 Å². The van der Waals surface area contributed by atoms with Gasteiger partial charge in [-0.05, 0) is 44.2 Å². The number of nitrogens with zero attached hydrogens (tertiary/aromatic N) is 3. The number of rotatable bonds is 2. The Morgan fingerprint density at radius 2 is 2.13 bits per heavy atom. The Labute approximate surface area is 135 Å². The van der Waals surface area contributed by atoms with Gasteiger partial charge in [-0.25, -0.2) is 0 Å². The van der Waals surface area contributed by atoms with Crippen molar-refractivity contribution in [2.75, 3.05) is 19.6 Å². The second kappa shape index (κ2) is 4.87. The van der Waals surface area contributed by atoms with E-state index in [1.807, 2.05) is 0 Å². The number of aromatic nitrogens is 3. The van der Waals surface area contributed by atoms with Gasteiger partial charge < -0.3 is 4.90 Å². The second-order valence-electron chi connectivity index (χ2n) is 7.43. The summed E-state index contributed by atoms with van der Waals surface area (Å²) in [7, 11) is 0. The number of ketones is 1. The van der Waals surface area contributed by atoms with E-state index >= 15 is 0 Å². The topological polar surface area (TPSA) is 61.9 Å². The lowest BCUT2D eigenvalue weighted by Gasteiger charge is -2.49. The lowest BCUT2D eigenvalue weighted by Crippen LogP contribution is -2.52. The molecule has 2 unspecified atom stereocenters. The minimum Gasteiger partial charge on any atom is -0.303 e. The van der Waals surface area contributed by atoms with Crippen LogP contribution in [0.1, 0.15) is 48.2 Å². The standard InChI is InChI=1S/C18H22N4O/c1-2-11-15(13-9-22-5-3-10(13)4-6-22)18(23)12-7-19-8-14-16(12)17(11)21-20-14/h7-8,10-11,13,15H,2-6,9H2,1H3,(H,20,21)/t11-,13?,15?/m0/s1. The van der Waals surface area contributed by atoms with Gasteiger partial charge in [0.15, 0.2) is 5.78 Å². The largest absolute Gasteiger partial charge is 0.303 e. The van der Waals surface area contributed by atoms with Gasteiger partial charge in [0.1, 0.15) is 5.52 Å². The molecule has 23 heavy (non-hydrogen) atoms. The fraction of sp³-hybridized carbons (Fsp3) is 0.611. The maximum absolute atomic E-state index is 13.3. The Morgan fingerprint density at radius 1 is 1.30 bits per heavy atom. The van der Waals surface area contributed by atoms with Crippen molar-refractivity contribution in [2.24, 2.45) is 17.8 Å². The first-order chi connectivity index (χ1) is 11.3. The number of piperidine rings is 3. The summed E-state index contributed by atoms with van der Waals surface area (Å²) in [6, 6.07) is 0. The van der Waals surface area contributed by atoms with E-state index in [1.165, 1.54) is 31.6 Å². The number of nitrogens with one attached hydrogen (secondary N) is 1. The van der Waals surface area contributed by atoms with Crippen LogP contribution in [0.3, 0.4) is 0 Å². The molecule has 5 heteroatoms. The van der Waals surface area contributed by atoms with Crippen molar-refractivity contribution in [3.8, 4) is 0 Å². The zero-order valence-corrected chi connectivity index (χ0v) is 13.5. The SMILES string of the molecule is CC[C@@H]1c2[nH]nc3cncc(c23)C(=O)C1C1CN2CCC1CC2. The summed E-state index contributed by atoms with van der Waals surface area (Å²) < 4.78 is 0. The van der Waals surface area contributed by atoms with Gasteiger partial charge in [0.05, 0.1) is 6.20 Å². The monoisotopic (exact) mass is 310 g/mol. The third-order valence-electron chi connectivity index (χ3n) is 6.47. The Morgan fingerprint density at radius 3 is 2.83 bits per heavy atom. The quantitative estimate of drug-likeness (QED) is 0.926. The first-order valence-corrected chi connectivity index (χ1v) is 8.86. The number of H-pyrrole nitrogens is 1. The lowest BCUT2D eigenvalue weighted by molar-refractivity contribution is 0.0125. The number of Topliss-reactive ketones (excluding diaryl/α,β-unsaturated/α-hetero) is 1. The van der Waals surface area contributed by atoms with Gasteiger partial charge >= 0.3 is 0 Å². The second-order valence-corrected chi connectivity index (χ2v) is 7.43. The number of carbonyl (C=O) groups is 1. The highest BCUT2D eigenvalue weighted by Gasteiger charge is 2.47. The summed E-state index contributed by atoms with van der Waals surface area (Å²) in [5.74, 6) is 1.87. The van der Waals surface area contributed by atoms with Crippen molar-refractivity contribution < 1.29 is 4.79 Å². The van der Waals surface area contributed by atoms with Crippen molar-refractivity contribution in [3.63, 3.8) is 0 Å². The van der Waals surface area contributed by atoms with Crippen LogP contribution in [0.5, 0.6) is 0 Å². The Hall–Kier alpha value is -1.75. The van der Waals surface area contributed by atoms with Crippen molar-refractivity contribution in [3.05, 3.63) is 23.7 Å². The molecule has 5 nitrogen and oxygen atoms in total. The molecule has 2 bridgehead atoms. The summed E-state index contributed by atoms with van der Waals surface area (Å²) in [6.45, 7) is 5.71. The van der Waals surface area contributed by atoms with Gasteiger partial charge in [0.25, 0.3) is 0 Å². The third-order valence-corrected chi connectivity index (χ3v) is 6.47. The average Bonchev–Trinajstić information content (AvgIpc) is 3.03. The van der Waals surface area contributed by atoms with E-state index in [2.05, 4.69) is 27.0 Å². The molecule has 6 rings (SSSR count). The number of fused-ring (bicyclic) bond motifs is 3. The van der Waals surface area contributed by atoms with Gasteiger partial charge in [0.2, 0.25) is 0 Å². The fourth-order valence-electron chi connectivity index (χ4n) is 5.36. The predicted octanol–water partition coefficient (Wildman–Crippen LogP) is 2.61. The van der Waals surface area contributed by atoms with Crippen molar-refractivity contribution in [1.29, 1.82) is 0 Å². The van der Waals surface area contributed by atoms with Gasteiger partial charge in [-0.15, -0.1) is 0 Å². The van der Waals surface area contributed by atoms with E-state index in [9.17, 15) is 4.79 Å². The normalized spacial score (nSPS) is 35.9.